The minimum absolute atomic E-state index is 0. The van der Waals surface area contributed by atoms with Crippen LogP contribution < -0.4 is 0 Å². The van der Waals surface area contributed by atoms with E-state index in [1.165, 1.54) is 12.8 Å². The zero-order chi connectivity index (χ0) is 17.6. The van der Waals surface area contributed by atoms with Gasteiger partial charge in [-0.25, -0.2) is 14.4 Å². The third kappa shape index (κ3) is 6.37. The molecule has 0 aromatic heterocycles. The molecule has 5 N–H and O–H groups in total. The summed E-state index contributed by atoms with van der Waals surface area (Å²) in [6.07, 6.45) is 4.25. The molecule has 0 radical (unpaired) electrons. The molecule has 1 saturated carbocycles. The van der Waals surface area contributed by atoms with E-state index < -0.39 is 29.0 Å². The second-order valence-corrected chi connectivity index (χ2v) is 5.17. The first kappa shape index (κ1) is 22.2. The average molecular weight is 429 g/mol. The summed E-state index contributed by atoms with van der Waals surface area (Å²) in [6.45, 7) is 0. The SMILES string of the molecule is O=C(O)c1ccc(C(=O)O)c(C(=O)O)c1.[NH-]C1CCCCC1[NH-].[Pd+2]. The predicted octanol–water partition coefficient (Wildman–Crippen LogP) is 3.18. The number of hydrogen-bond acceptors (Lipinski definition) is 3. The standard InChI is InChI=1S/C9H6O6.C6H12N2.Pd/c10-7(11)4-1-2-5(8(12)13)6(3-4)9(14)15;7-5-3-1-2-4-6(5)8;/h1-3H,(H,10,11)(H,12,13)(H,14,15);5-8H,1-4H2;/q;-2;+2. The summed E-state index contributed by atoms with van der Waals surface area (Å²) in [4.78, 5) is 31.8. The normalized spacial score (nSPS) is 19.2. The first-order valence-corrected chi connectivity index (χ1v) is 7.00. The van der Waals surface area contributed by atoms with Crippen molar-refractivity contribution in [1.82, 2.24) is 0 Å². The van der Waals surface area contributed by atoms with Crippen molar-refractivity contribution >= 4 is 17.9 Å². The zero-order valence-electron chi connectivity index (χ0n) is 12.6. The van der Waals surface area contributed by atoms with Crippen molar-refractivity contribution in [3.05, 3.63) is 46.4 Å². The fourth-order valence-corrected chi connectivity index (χ4v) is 2.17. The van der Waals surface area contributed by atoms with Crippen molar-refractivity contribution in [3.63, 3.8) is 0 Å². The maximum absolute atomic E-state index is 10.6. The molecular formula is C15H18N2O6Pd. The first-order valence-electron chi connectivity index (χ1n) is 7.00. The van der Waals surface area contributed by atoms with Gasteiger partial charge in [-0.15, -0.1) is 0 Å². The van der Waals surface area contributed by atoms with Gasteiger partial charge in [-0.3, -0.25) is 0 Å². The van der Waals surface area contributed by atoms with Crippen LogP contribution in [0.15, 0.2) is 18.2 Å². The molecule has 8 nitrogen and oxygen atoms in total. The quantitative estimate of drug-likeness (QED) is 0.626. The molecule has 1 aromatic carbocycles. The Balaban J connectivity index is 0.000000498. The van der Waals surface area contributed by atoms with Gasteiger partial charge in [0, 0.05) is 0 Å². The van der Waals surface area contributed by atoms with E-state index in [4.69, 9.17) is 26.8 Å². The third-order valence-corrected chi connectivity index (χ3v) is 3.49. The van der Waals surface area contributed by atoms with Crippen LogP contribution in [0.3, 0.4) is 0 Å². The van der Waals surface area contributed by atoms with Crippen LogP contribution in [0.4, 0.5) is 0 Å². The molecule has 0 saturated heterocycles. The number of carboxylic acid groups (broad SMARTS) is 3. The van der Waals surface area contributed by atoms with Crippen LogP contribution in [-0.4, -0.2) is 45.3 Å². The Morgan fingerprint density at radius 2 is 1.29 bits per heavy atom. The molecule has 134 valence electrons. The summed E-state index contributed by atoms with van der Waals surface area (Å²) in [5, 5.41) is 25.9. The Bertz CT molecular complexity index is 598. The molecule has 24 heavy (non-hydrogen) atoms. The number of carboxylic acids is 3. The topological polar surface area (TPSA) is 160 Å². The van der Waals surface area contributed by atoms with Gasteiger partial charge in [0.1, 0.15) is 0 Å². The van der Waals surface area contributed by atoms with Crippen LogP contribution in [0.25, 0.3) is 11.5 Å². The minimum Gasteiger partial charge on any atom is -0.676 e. The van der Waals surface area contributed by atoms with Gasteiger partial charge in [-0.05, 0) is 18.2 Å². The molecular weight excluding hydrogens is 411 g/mol. The number of carbonyl (C=O) groups is 3. The van der Waals surface area contributed by atoms with E-state index in [2.05, 4.69) is 0 Å². The van der Waals surface area contributed by atoms with Gasteiger partial charge < -0.3 is 26.8 Å². The number of nitrogens with one attached hydrogen (secondary N) is 2. The molecule has 2 atom stereocenters. The van der Waals surface area contributed by atoms with Gasteiger partial charge in [-0.1, -0.05) is 25.7 Å². The maximum atomic E-state index is 10.6. The molecule has 0 heterocycles. The molecule has 9 heteroatoms. The first-order chi connectivity index (χ1) is 10.7. The molecule has 0 aliphatic heterocycles. The van der Waals surface area contributed by atoms with Crippen LogP contribution in [0, 0.1) is 0 Å². The monoisotopic (exact) mass is 428 g/mol. The Kier molecular flexibility index (Phi) is 9.40. The van der Waals surface area contributed by atoms with Gasteiger partial charge in [0.15, 0.2) is 0 Å². The van der Waals surface area contributed by atoms with E-state index in [9.17, 15) is 14.4 Å². The fourth-order valence-electron chi connectivity index (χ4n) is 2.17. The number of rotatable bonds is 3. The van der Waals surface area contributed by atoms with Crippen LogP contribution in [0.2, 0.25) is 0 Å². The van der Waals surface area contributed by atoms with Crippen LogP contribution in [0.1, 0.15) is 56.8 Å². The van der Waals surface area contributed by atoms with Crippen molar-refractivity contribution < 1.29 is 50.1 Å². The van der Waals surface area contributed by atoms with Gasteiger partial charge in [-0.2, -0.15) is 12.1 Å². The molecule has 2 rings (SSSR count). The van der Waals surface area contributed by atoms with Crippen molar-refractivity contribution in [2.24, 2.45) is 0 Å². The zero-order valence-corrected chi connectivity index (χ0v) is 14.2. The van der Waals surface area contributed by atoms with Crippen molar-refractivity contribution in [3.8, 4) is 0 Å². The smallest absolute Gasteiger partial charge is 0.676 e. The largest absolute Gasteiger partial charge is 2.00 e. The van der Waals surface area contributed by atoms with E-state index in [-0.39, 0.29) is 38.1 Å². The predicted molar refractivity (Wildman–Crippen MR) is 82.0 cm³/mol. The van der Waals surface area contributed by atoms with Gasteiger partial charge >= 0.3 is 38.3 Å². The van der Waals surface area contributed by atoms with E-state index in [1.807, 2.05) is 0 Å². The number of benzene rings is 1. The van der Waals surface area contributed by atoms with E-state index >= 15 is 0 Å². The number of hydrogen-bond donors (Lipinski definition) is 3. The summed E-state index contributed by atoms with van der Waals surface area (Å²) >= 11 is 0. The van der Waals surface area contributed by atoms with Gasteiger partial charge in [0.05, 0.1) is 16.7 Å². The van der Waals surface area contributed by atoms with Crippen molar-refractivity contribution in [2.45, 2.75) is 37.8 Å². The third-order valence-electron chi connectivity index (χ3n) is 3.49. The average Bonchev–Trinajstić information content (AvgIpc) is 2.50. The molecule has 0 amide bonds. The molecule has 1 aromatic rings. The molecule has 1 fully saturated rings. The Morgan fingerprint density at radius 1 is 0.833 bits per heavy atom. The van der Waals surface area contributed by atoms with Gasteiger partial charge in [0.25, 0.3) is 0 Å². The van der Waals surface area contributed by atoms with E-state index in [0.29, 0.717) is 0 Å². The summed E-state index contributed by atoms with van der Waals surface area (Å²) in [5.74, 6) is -4.20. The molecule has 2 unspecified atom stereocenters. The van der Waals surface area contributed by atoms with Crippen molar-refractivity contribution in [2.75, 3.05) is 0 Å². The molecule has 0 bridgehead atoms. The summed E-state index contributed by atoms with van der Waals surface area (Å²) < 4.78 is 0. The summed E-state index contributed by atoms with van der Waals surface area (Å²) in [5.41, 5.74) is 13.3. The second-order valence-electron chi connectivity index (χ2n) is 5.17. The summed E-state index contributed by atoms with van der Waals surface area (Å²) in [7, 11) is 0. The fraction of sp³-hybridized carbons (Fsp3) is 0.400. The van der Waals surface area contributed by atoms with Gasteiger partial charge in [0.2, 0.25) is 0 Å². The Labute approximate surface area is 152 Å². The Morgan fingerprint density at radius 3 is 1.62 bits per heavy atom. The minimum atomic E-state index is -1.48. The van der Waals surface area contributed by atoms with E-state index in [0.717, 1.165) is 31.0 Å². The molecule has 1 aliphatic carbocycles. The van der Waals surface area contributed by atoms with E-state index in [1.54, 1.807) is 0 Å². The van der Waals surface area contributed by atoms with Crippen LogP contribution in [-0.2, 0) is 20.4 Å². The maximum Gasteiger partial charge on any atom is 2.00 e. The second kappa shape index (κ2) is 10.2. The number of aromatic carboxylic acids is 3. The van der Waals surface area contributed by atoms with Crippen molar-refractivity contribution in [1.29, 1.82) is 0 Å². The Hall–Kier alpha value is -1.79. The summed E-state index contributed by atoms with van der Waals surface area (Å²) in [6, 6.07) is 2.65. The van der Waals surface area contributed by atoms with Crippen LogP contribution >= 0.6 is 0 Å². The van der Waals surface area contributed by atoms with Crippen LogP contribution in [0.5, 0.6) is 0 Å². The molecule has 1 aliphatic rings. The molecule has 0 spiro atoms.